The monoisotopic (exact) mass is 261 g/mol. The van der Waals surface area contributed by atoms with E-state index in [2.05, 4.69) is 9.72 Å². The lowest BCUT2D eigenvalue weighted by atomic mass is 10.1. The molecule has 0 saturated carbocycles. The average molecular weight is 261 g/mol. The van der Waals surface area contributed by atoms with Gasteiger partial charge in [-0.15, -0.1) is 11.3 Å². The Morgan fingerprint density at radius 3 is 2.82 bits per heavy atom. The van der Waals surface area contributed by atoms with E-state index < -0.39 is 18.2 Å². The van der Waals surface area contributed by atoms with Crippen molar-refractivity contribution in [2.45, 2.75) is 32.2 Å². The van der Waals surface area contributed by atoms with Gasteiger partial charge < -0.3 is 20.1 Å². The number of aromatic nitrogens is 1. The Morgan fingerprint density at radius 1 is 1.59 bits per heavy atom. The number of ether oxygens (including phenoxy) is 1. The third-order valence-corrected chi connectivity index (χ3v) is 3.08. The molecule has 0 aliphatic heterocycles. The summed E-state index contributed by atoms with van der Waals surface area (Å²) in [4.78, 5) is 15.5. The van der Waals surface area contributed by atoms with Crippen molar-refractivity contribution in [3.8, 4) is 0 Å². The first-order valence-electron chi connectivity index (χ1n) is 5.15. The fourth-order valence-electron chi connectivity index (χ4n) is 1.20. The van der Waals surface area contributed by atoms with Crippen molar-refractivity contribution in [3.05, 3.63) is 16.1 Å². The van der Waals surface area contributed by atoms with E-state index in [0.717, 1.165) is 11.3 Å². The van der Waals surface area contributed by atoms with E-state index >= 15 is 0 Å². The maximum absolute atomic E-state index is 11.1. The van der Waals surface area contributed by atoms with Crippen molar-refractivity contribution in [1.82, 2.24) is 4.98 Å². The van der Waals surface area contributed by atoms with E-state index in [1.54, 1.807) is 6.92 Å². The van der Waals surface area contributed by atoms with Crippen LogP contribution in [-0.2, 0) is 16.1 Å². The Bertz CT molecular complexity index is 367. The number of thiazole rings is 1. The fourth-order valence-corrected chi connectivity index (χ4v) is 2.02. The number of nitrogens with zero attached hydrogens (tertiary/aromatic N) is 1. The van der Waals surface area contributed by atoms with E-state index in [0.29, 0.717) is 4.88 Å². The highest BCUT2D eigenvalue weighted by Crippen LogP contribution is 2.24. The molecule has 0 fully saturated rings. The third kappa shape index (κ3) is 4.04. The topological polar surface area (TPSA) is 99.9 Å². The van der Waals surface area contributed by atoms with Gasteiger partial charge in [0.2, 0.25) is 0 Å². The summed E-state index contributed by atoms with van der Waals surface area (Å²) in [5, 5.41) is 28.4. The van der Waals surface area contributed by atoms with Crippen LogP contribution in [0.25, 0.3) is 0 Å². The van der Waals surface area contributed by atoms with E-state index in [4.69, 9.17) is 5.11 Å². The minimum atomic E-state index is -1.26. The third-order valence-electron chi connectivity index (χ3n) is 2.03. The summed E-state index contributed by atoms with van der Waals surface area (Å²) >= 11 is 1.09. The molecule has 96 valence electrons. The van der Waals surface area contributed by atoms with Gasteiger partial charge in [-0.1, -0.05) is 0 Å². The maximum Gasteiger partial charge on any atom is 0.308 e. The number of hydrogen-bond acceptors (Lipinski definition) is 7. The predicted molar refractivity (Wildman–Crippen MR) is 60.3 cm³/mol. The van der Waals surface area contributed by atoms with E-state index in [-0.39, 0.29) is 24.6 Å². The van der Waals surface area contributed by atoms with Crippen LogP contribution in [0.5, 0.6) is 0 Å². The van der Waals surface area contributed by atoms with Gasteiger partial charge in [0.05, 0.1) is 30.6 Å². The minimum absolute atomic E-state index is 0.168. The summed E-state index contributed by atoms with van der Waals surface area (Å²) in [5.74, 6) is -0.571. The van der Waals surface area contributed by atoms with Gasteiger partial charge in [-0.2, -0.15) is 0 Å². The molecule has 7 heteroatoms. The standard InChI is InChI=1S/C10H15NO5S/c1-2-16-8(14)3-7(13)9(15)10-11-4-6(5-12)17-10/h4,7,9,12-13,15H,2-3,5H2,1H3. The molecule has 1 aromatic heterocycles. The molecule has 3 N–H and O–H groups in total. The highest BCUT2D eigenvalue weighted by molar-refractivity contribution is 7.11. The molecule has 0 aliphatic rings. The van der Waals surface area contributed by atoms with Crippen LogP contribution < -0.4 is 0 Å². The van der Waals surface area contributed by atoms with Crippen molar-refractivity contribution in [2.24, 2.45) is 0 Å². The lowest BCUT2D eigenvalue weighted by Crippen LogP contribution is -2.23. The van der Waals surface area contributed by atoms with Gasteiger partial charge in [0.15, 0.2) is 0 Å². The summed E-state index contributed by atoms with van der Waals surface area (Å²) < 4.78 is 4.66. The van der Waals surface area contributed by atoms with E-state index in [9.17, 15) is 15.0 Å². The highest BCUT2D eigenvalue weighted by atomic mass is 32.1. The van der Waals surface area contributed by atoms with Gasteiger partial charge in [-0.05, 0) is 6.92 Å². The Labute approximate surface area is 103 Å². The Morgan fingerprint density at radius 2 is 2.29 bits per heavy atom. The van der Waals surface area contributed by atoms with E-state index in [1.807, 2.05) is 0 Å². The fraction of sp³-hybridized carbons (Fsp3) is 0.600. The van der Waals surface area contributed by atoms with Gasteiger partial charge in [0.1, 0.15) is 11.1 Å². The zero-order valence-electron chi connectivity index (χ0n) is 9.37. The van der Waals surface area contributed by atoms with Crippen LogP contribution in [0, 0.1) is 0 Å². The Kier molecular flexibility index (Phi) is 5.49. The van der Waals surface area contributed by atoms with E-state index in [1.165, 1.54) is 6.20 Å². The molecule has 0 spiro atoms. The molecule has 17 heavy (non-hydrogen) atoms. The van der Waals surface area contributed by atoms with Gasteiger partial charge in [0, 0.05) is 6.20 Å². The molecule has 1 aromatic rings. The predicted octanol–water partition coefficient (Wildman–Crippen LogP) is -0.0171. The Hall–Kier alpha value is -1.02. The molecule has 1 heterocycles. The molecule has 0 saturated heterocycles. The lowest BCUT2D eigenvalue weighted by molar-refractivity contribution is -0.147. The quantitative estimate of drug-likeness (QED) is 0.622. The number of esters is 1. The van der Waals surface area contributed by atoms with Gasteiger partial charge in [-0.3, -0.25) is 4.79 Å². The molecule has 0 amide bonds. The first-order chi connectivity index (χ1) is 8.08. The van der Waals surface area contributed by atoms with Crippen LogP contribution in [0.4, 0.5) is 0 Å². The van der Waals surface area contributed by atoms with Crippen molar-refractivity contribution >= 4 is 17.3 Å². The number of aliphatic hydroxyl groups is 3. The zero-order valence-corrected chi connectivity index (χ0v) is 10.2. The van der Waals surface area contributed by atoms with Crippen LogP contribution in [0.15, 0.2) is 6.20 Å². The summed E-state index contributed by atoms with van der Waals surface area (Å²) in [6, 6.07) is 0. The molecular weight excluding hydrogens is 246 g/mol. The molecule has 1 rings (SSSR count). The smallest absolute Gasteiger partial charge is 0.308 e. The second kappa shape index (κ2) is 6.65. The molecule has 0 radical (unpaired) electrons. The molecule has 6 nitrogen and oxygen atoms in total. The van der Waals surface area contributed by atoms with Crippen LogP contribution in [0.1, 0.15) is 29.3 Å². The summed E-state index contributed by atoms with van der Waals surface area (Å²) in [6.07, 6.45) is -1.37. The highest BCUT2D eigenvalue weighted by Gasteiger charge is 2.24. The number of carbonyl (C=O) groups is 1. The van der Waals surface area contributed by atoms with Crippen LogP contribution >= 0.6 is 11.3 Å². The van der Waals surface area contributed by atoms with Crippen molar-refractivity contribution in [3.63, 3.8) is 0 Å². The largest absolute Gasteiger partial charge is 0.466 e. The number of rotatable bonds is 6. The minimum Gasteiger partial charge on any atom is -0.466 e. The summed E-state index contributed by atoms with van der Waals surface area (Å²) in [6.45, 7) is 1.72. The zero-order chi connectivity index (χ0) is 12.8. The first-order valence-corrected chi connectivity index (χ1v) is 5.97. The molecular formula is C10H15NO5S. The molecule has 0 aliphatic carbocycles. The molecule has 0 bridgehead atoms. The van der Waals surface area contributed by atoms with Crippen molar-refractivity contribution in [1.29, 1.82) is 0 Å². The second-order valence-corrected chi connectivity index (χ2v) is 4.49. The first kappa shape index (κ1) is 14.0. The van der Waals surface area contributed by atoms with Crippen molar-refractivity contribution < 1.29 is 24.9 Å². The molecule has 0 aromatic carbocycles. The summed E-state index contributed by atoms with van der Waals surface area (Å²) in [7, 11) is 0. The Balaban J connectivity index is 2.56. The van der Waals surface area contributed by atoms with Crippen LogP contribution in [-0.4, -0.2) is 39.0 Å². The number of hydrogen-bond donors (Lipinski definition) is 3. The molecule has 2 atom stereocenters. The number of carbonyl (C=O) groups excluding carboxylic acids is 1. The van der Waals surface area contributed by atoms with Gasteiger partial charge >= 0.3 is 5.97 Å². The SMILES string of the molecule is CCOC(=O)CC(O)C(O)c1ncc(CO)s1. The average Bonchev–Trinajstić information content (AvgIpc) is 2.76. The number of aliphatic hydroxyl groups excluding tert-OH is 3. The van der Waals surface area contributed by atoms with Gasteiger partial charge in [0.25, 0.3) is 0 Å². The van der Waals surface area contributed by atoms with Crippen LogP contribution in [0.2, 0.25) is 0 Å². The maximum atomic E-state index is 11.1. The lowest BCUT2D eigenvalue weighted by Gasteiger charge is -2.14. The van der Waals surface area contributed by atoms with Crippen molar-refractivity contribution in [2.75, 3.05) is 6.61 Å². The van der Waals surface area contributed by atoms with Crippen LogP contribution in [0.3, 0.4) is 0 Å². The molecule has 2 unspecified atom stereocenters. The second-order valence-electron chi connectivity index (χ2n) is 3.34. The van der Waals surface area contributed by atoms with Gasteiger partial charge in [-0.25, -0.2) is 4.98 Å². The normalized spacial score (nSPS) is 14.4. The summed E-state index contributed by atoms with van der Waals surface area (Å²) in [5.41, 5.74) is 0.